The Morgan fingerprint density at radius 3 is 2.37 bits per heavy atom. The molecule has 4 aromatic heterocycles. The van der Waals surface area contributed by atoms with Crippen LogP contribution in [0, 0.1) is 18.7 Å². The quantitative estimate of drug-likeness (QED) is 0.0306. The zero-order valence-corrected chi connectivity index (χ0v) is 41.9. The summed E-state index contributed by atoms with van der Waals surface area (Å²) >= 11 is 0. The number of H-pyrrole nitrogens is 1. The number of carbonyl (C=O) groups excluding carboxylic acids is 7. The summed E-state index contributed by atoms with van der Waals surface area (Å²) < 4.78 is 21.7. The van der Waals surface area contributed by atoms with Gasteiger partial charge in [-0.1, -0.05) is 50.6 Å². The lowest BCUT2D eigenvalue weighted by Crippen LogP contribution is -2.54. The number of imide groups is 1. The van der Waals surface area contributed by atoms with E-state index in [0.717, 1.165) is 16.2 Å². The predicted octanol–water partition coefficient (Wildman–Crippen LogP) is 5.51. The molecule has 0 saturated heterocycles. The number of primary amides is 1. The van der Waals surface area contributed by atoms with E-state index in [9.17, 15) is 38.0 Å². The van der Waals surface area contributed by atoms with Crippen LogP contribution < -0.4 is 27.0 Å². The molecule has 0 spiro atoms. The molecule has 0 radical (unpaired) electrons. The summed E-state index contributed by atoms with van der Waals surface area (Å²) in [6.45, 7) is 5.80. The smallest absolute Gasteiger partial charge is 0.410 e. The third kappa shape index (κ3) is 15.4. The predicted molar refractivity (Wildman–Crippen MR) is 274 cm³/mol. The highest BCUT2D eigenvalue weighted by Crippen LogP contribution is 2.30. The van der Waals surface area contributed by atoms with Gasteiger partial charge in [0, 0.05) is 61.3 Å². The Morgan fingerprint density at radius 1 is 0.867 bits per heavy atom. The maximum atomic E-state index is 14.2. The van der Waals surface area contributed by atoms with E-state index in [4.69, 9.17) is 20.4 Å². The van der Waals surface area contributed by atoms with Gasteiger partial charge in [-0.05, 0) is 105 Å². The fourth-order valence-corrected chi connectivity index (χ4v) is 8.27. The first-order chi connectivity index (χ1) is 36.1. The third-order valence-corrected chi connectivity index (χ3v) is 12.2. The highest BCUT2D eigenvalue weighted by atomic mass is 19.1. The number of urea groups is 1. The van der Waals surface area contributed by atoms with E-state index in [0.29, 0.717) is 71.1 Å². The highest BCUT2D eigenvalue weighted by molar-refractivity contribution is 6.12. The second-order valence-electron chi connectivity index (χ2n) is 18.3. The molecule has 5 heterocycles. The van der Waals surface area contributed by atoms with Crippen molar-refractivity contribution in [2.45, 2.75) is 91.0 Å². The number of anilines is 1. The average molecular weight is 1030 g/mol. The monoisotopic (exact) mass is 1030 g/mol. The zero-order chi connectivity index (χ0) is 53.4. The first-order valence-corrected chi connectivity index (χ1v) is 24.7. The summed E-state index contributed by atoms with van der Waals surface area (Å²) in [7, 11) is 0. The molecule has 7 N–H and O–H groups in total. The number of fused-ring (bicyclic) bond motifs is 1. The molecule has 1 aliphatic heterocycles. The summed E-state index contributed by atoms with van der Waals surface area (Å²) in [5.74, 6) is -2.55. The van der Waals surface area contributed by atoms with Crippen LogP contribution in [0.2, 0.25) is 0 Å². The van der Waals surface area contributed by atoms with Gasteiger partial charge in [-0.15, -0.1) is 0 Å². The van der Waals surface area contributed by atoms with E-state index in [2.05, 4.69) is 36.3 Å². The Morgan fingerprint density at radius 2 is 1.64 bits per heavy atom. The Balaban J connectivity index is 0.985. The van der Waals surface area contributed by atoms with E-state index in [1.807, 2.05) is 43.5 Å². The van der Waals surface area contributed by atoms with Crippen LogP contribution in [-0.4, -0.2) is 113 Å². The van der Waals surface area contributed by atoms with Gasteiger partial charge in [-0.3, -0.25) is 33.9 Å². The van der Waals surface area contributed by atoms with Crippen molar-refractivity contribution in [3.63, 3.8) is 0 Å². The molecule has 2 aromatic carbocycles. The van der Waals surface area contributed by atoms with Crippen LogP contribution >= 0.6 is 0 Å². The number of pyridine rings is 2. The van der Waals surface area contributed by atoms with E-state index in [1.165, 1.54) is 35.5 Å². The maximum Gasteiger partial charge on any atom is 0.410 e. The number of halogens is 1. The van der Waals surface area contributed by atoms with Crippen molar-refractivity contribution in [1.82, 2.24) is 55.3 Å². The molecule has 0 saturated carbocycles. The number of nitrogens with two attached hydrogens (primary N) is 1. The number of unbranched alkanes of at least 4 members (excludes halogenated alkanes) is 2. The number of amides is 8. The van der Waals surface area contributed by atoms with Crippen molar-refractivity contribution in [3.8, 4) is 22.6 Å². The first kappa shape index (κ1) is 54.0. The largest absolute Gasteiger partial charge is 0.445 e. The number of rotatable bonds is 25. The van der Waals surface area contributed by atoms with Crippen molar-refractivity contribution in [2.24, 2.45) is 11.7 Å². The second-order valence-corrected chi connectivity index (χ2v) is 18.3. The van der Waals surface area contributed by atoms with Crippen molar-refractivity contribution < 1.29 is 42.7 Å². The molecule has 6 aromatic rings. The molecule has 22 heteroatoms. The van der Waals surface area contributed by atoms with Crippen LogP contribution in [0.1, 0.15) is 75.0 Å². The van der Waals surface area contributed by atoms with Gasteiger partial charge in [0.25, 0.3) is 11.8 Å². The Bertz CT molecular complexity index is 3030. The third-order valence-electron chi connectivity index (χ3n) is 12.2. The summed E-state index contributed by atoms with van der Waals surface area (Å²) in [6.07, 6.45) is 7.42. The summed E-state index contributed by atoms with van der Waals surface area (Å²) in [5, 5.41) is 15.1. The Labute approximate surface area is 431 Å². The Kier molecular flexibility index (Phi) is 18.5. The SMILES string of the molecule is Cc1cccc(-c2nc(CN(CCc3cccc(F)c3)C(=O)OCc3ccc(NC(=O)C(CCCNC(N)=O)NC(=O)C(NC(=O)CCCCCN4C(=O)C=CC4=O)C(C)C)cc3)[nH]c2-c2ccc3ncnn3c2)n1. The van der Waals surface area contributed by atoms with Gasteiger partial charge in [0.15, 0.2) is 5.65 Å². The number of hydrogen-bond acceptors (Lipinski definition) is 12. The van der Waals surface area contributed by atoms with Gasteiger partial charge < -0.3 is 41.6 Å². The molecule has 75 heavy (non-hydrogen) atoms. The number of hydrogen-bond donors (Lipinski definition) is 6. The van der Waals surface area contributed by atoms with E-state index in [-0.39, 0.29) is 75.7 Å². The molecule has 0 bridgehead atoms. The van der Waals surface area contributed by atoms with Crippen molar-refractivity contribution in [2.75, 3.05) is 25.0 Å². The van der Waals surface area contributed by atoms with Crippen molar-refractivity contribution in [3.05, 3.63) is 132 Å². The summed E-state index contributed by atoms with van der Waals surface area (Å²) in [5.41, 5.74) is 10.9. The van der Waals surface area contributed by atoms with Crippen LogP contribution in [0.3, 0.4) is 0 Å². The molecule has 1 aliphatic rings. The van der Waals surface area contributed by atoms with Gasteiger partial charge in [0.2, 0.25) is 17.7 Å². The molecule has 7 rings (SSSR count). The van der Waals surface area contributed by atoms with Crippen LogP contribution in [-0.2, 0) is 48.3 Å². The minimum absolute atomic E-state index is 0.00278. The highest BCUT2D eigenvalue weighted by Gasteiger charge is 2.29. The molecular formula is C53H60FN13O8. The summed E-state index contributed by atoms with van der Waals surface area (Å²) in [6, 6.07) is 19.3. The van der Waals surface area contributed by atoms with Gasteiger partial charge in [0.05, 0.1) is 17.9 Å². The van der Waals surface area contributed by atoms with Crippen LogP contribution in [0.25, 0.3) is 28.3 Å². The Hall–Kier alpha value is -8.82. The van der Waals surface area contributed by atoms with Crippen molar-refractivity contribution >= 4 is 53.0 Å². The number of nitrogens with zero attached hydrogens (tertiary/aromatic N) is 7. The maximum absolute atomic E-state index is 14.2. The number of ether oxygens (including phenoxy) is 1. The molecule has 0 aliphatic carbocycles. The minimum Gasteiger partial charge on any atom is -0.445 e. The molecule has 2 unspecified atom stereocenters. The fraction of sp³-hybridized carbons (Fsp3) is 0.340. The van der Waals surface area contributed by atoms with Gasteiger partial charge in [-0.25, -0.2) is 28.5 Å². The lowest BCUT2D eigenvalue weighted by Gasteiger charge is -2.25. The second kappa shape index (κ2) is 25.7. The van der Waals surface area contributed by atoms with E-state index >= 15 is 0 Å². The standard InChI is InChI=1S/C53H60FN13O8/c1-33(2)47(64-44(68)15-5-4-6-26-66-45(69)22-23-46(66)70)51(72)61-41(14-9-25-56-52(55)73)50(71)60-39-19-16-36(17-20-39)31-75-53(74)65(27-24-35-11-8-12-38(54)28-35)30-42-62-48(37-18-21-43-57-32-58-67(43)29-37)49(63-42)40-13-7-10-34(3)59-40/h7-8,10-13,16-23,28-29,32-33,41,47H,4-6,9,14-15,24-27,30-31H2,1-3H3,(H,60,71)(H,61,72)(H,62,63)(H,64,68)(H3,55,56,73). The minimum atomic E-state index is -1.08. The number of aromatic nitrogens is 6. The molecule has 21 nitrogen and oxygen atoms in total. The lowest BCUT2D eigenvalue weighted by atomic mass is 10.0. The number of carbonyl (C=O) groups is 7. The van der Waals surface area contributed by atoms with Crippen LogP contribution in [0.15, 0.2) is 104 Å². The zero-order valence-electron chi connectivity index (χ0n) is 41.9. The topological polar surface area (TPSA) is 281 Å². The van der Waals surface area contributed by atoms with Crippen LogP contribution in [0.4, 0.5) is 19.7 Å². The van der Waals surface area contributed by atoms with Crippen LogP contribution in [0.5, 0.6) is 0 Å². The van der Waals surface area contributed by atoms with Gasteiger partial charge in [0.1, 0.15) is 42.4 Å². The number of imidazole rings is 1. The number of nitrogens with one attached hydrogen (secondary N) is 5. The number of aromatic amines is 1. The first-order valence-electron chi connectivity index (χ1n) is 24.7. The number of benzene rings is 2. The summed E-state index contributed by atoms with van der Waals surface area (Å²) in [4.78, 5) is 109. The van der Waals surface area contributed by atoms with Gasteiger partial charge in [-0.2, -0.15) is 5.10 Å². The van der Waals surface area contributed by atoms with E-state index in [1.54, 1.807) is 54.8 Å². The lowest BCUT2D eigenvalue weighted by molar-refractivity contribution is -0.137. The normalized spacial score (nSPS) is 12.9. The number of aryl methyl sites for hydroxylation is 1. The molecule has 8 amide bonds. The average Bonchev–Trinajstić information content (AvgIpc) is 4.12. The van der Waals surface area contributed by atoms with Gasteiger partial charge >= 0.3 is 12.1 Å². The molecule has 0 fully saturated rings. The van der Waals surface area contributed by atoms with Crippen molar-refractivity contribution in [1.29, 1.82) is 0 Å². The molecule has 2 atom stereocenters. The molecular weight excluding hydrogens is 966 g/mol. The van der Waals surface area contributed by atoms with E-state index < -0.39 is 41.8 Å². The fourth-order valence-electron chi connectivity index (χ4n) is 8.27. The molecule has 392 valence electrons.